The number of benzene rings is 8. The zero-order valence-corrected chi connectivity index (χ0v) is 28.9. The Balaban J connectivity index is 1.25. The molecule has 0 unspecified atom stereocenters. The summed E-state index contributed by atoms with van der Waals surface area (Å²) in [5, 5.41) is 5.00. The lowest BCUT2D eigenvalue weighted by atomic mass is 9.84. The summed E-state index contributed by atoms with van der Waals surface area (Å²) < 4.78 is 2.34. The summed E-state index contributed by atoms with van der Waals surface area (Å²) in [5.74, 6) is 1.61. The summed E-state index contributed by atoms with van der Waals surface area (Å²) in [6.07, 6.45) is 0.920. The Morgan fingerprint density at radius 3 is 1.55 bits per heavy atom. The van der Waals surface area contributed by atoms with Gasteiger partial charge in [0.1, 0.15) is 5.82 Å². The molecule has 0 aliphatic heterocycles. The molecule has 0 radical (unpaired) electrons. The van der Waals surface area contributed by atoms with Crippen molar-refractivity contribution in [1.29, 1.82) is 0 Å². The Kier molecular flexibility index (Phi) is 7.78. The maximum Gasteiger partial charge on any atom is 0.114 e. The third kappa shape index (κ3) is 5.59. The van der Waals surface area contributed by atoms with Crippen molar-refractivity contribution in [1.82, 2.24) is 9.55 Å². The van der Waals surface area contributed by atoms with Crippen molar-refractivity contribution in [3.05, 3.63) is 182 Å². The van der Waals surface area contributed by atoms with Crippen molar-refractivity contribution >= 4 is 32.6 Å². The van der Waals surface area contributed by atoms with E-state index in [0.717, 1.165) is 29.0 Å². The van der Waals surface area contributed by atoms with Crippen LogP contribution in [0.3, 0.4) is 0 Å². The van der Waals surface area contributed by atoms with Gasteiger partial charge in [-0.05, 0) is 102 Å². The summed E-state index contributed by atoms with van der Waals surface area (Å²) in [6.45, 7) is 4.51. The van der Waals surface area contributed by atoms with Crippen molar-refractivity contribution in [3.63, 3.8) is 0 Å². The first kappa shape index (κ1) is 30.8. The van der Waals surface area contributed by atoms with Crippen LogP contribution in [0.25, 0.3) is 82.8 Å². The third-order valence-corrected chi connectivity index (χ3v) is 10.0. The molecule has 0 saturated carbocycles. The summed E-state index contributed by atoms with van der Waals surface area (Å²) in [5.41, 5.74) is 13.1. The minimum Gasteiger partial charge on any atom is -0.296 e. The SMILES string of the molecule is CC(C)Cc1nc2ccccc2n1-c1ccc(-c2c3ccccc3c(-c3ccc(-c4ccccc4)cc3)c3cc(-c4ccccc4)ccc23)cc1. The van der Waals surface area contributed by atoms with Gasteiger partial charge in [0.05, 0.1) is 11.0 Å². The minimum atomic E-state index is 0.506. The van der Waals surface area contributed by atoms with Gasteiger partial charge in [0.2, 0.25) is 0 Å². The lowest BCUT2D eigenvalue weighted by Crippen LogP contribution is -2.05. The molecule has 9 aromatic rings. The van der Waals surface area contributed by atoms with Crippen molar-refractivity contribution in [2.24, 2.45) is 5.92 Å². The first-order valence-corrected chi connectivity index (χ1v) is 17.9. The van der Waals surface area contributed by atoms with Crippen LogP contribution in [0.5, 0.6) is 0 Å². The van der Waals surface area contributed by atoms with Crippen LogP contribution in [-0.2, 0) is 6.42 Å². The number of imidazole rings is 1. The number of fused-ring (bicyclic) bond motifs is 3. The predicted octanol–water partition coefficient (Wildman–Crippen LogP) is 13.2. The molecule has 9 rings (SSSR count). The minimum absolute atomic E-state index is 0.506. The largest absolute Gasteiger partial charge is 0.296 e. The van der Waals surface area contributed by atoms with Crippen molar-refractivity contribution in [3.8, 4) is 50.2 Å². The van der Waals surface area contributed by atoms with Crippen LogP contribution in [0, 0.1) is 5.92 Å². The van der Waals surface area contributed by atoms with Gasteiger partial charge in [0.25, 0.3) is 0 Å². The van der Waals surface area contributed by atoms with Crippen molar-refractivity contribution in [2.75, 3.05) is 0 Å². The maximum atomic E-state index is 5.05. The standard InChI is InChI=1S/C49H38N2/c1-33(2)31-47-50-45-19-11-12-20-46(45)51(47)40-28-25-38(26-29-40)48-41-17-9-10-18-42(41)49(37-23-21-36(22-24-37)34-13-5-3-6-14-34)44-32-39(27-30-43(44)48)35-15-7-4-8-16-35/h3-30,32-33H,31H2,1-2H3. The average Bonchev–Trinajstić information content (AvgIpc) is 3.54. The lowest BCUT2D eigenvalue weighted by Gasteiger charge is -2.19. The summed E-state index contributed by atoms with van der Waals surface area (Å²) >= 11 is 0. The molecule has 0 N–H and O–H groups in total. The summed E-state index contributed by atoms with van der Waals surface area (Å²) in [6, 6.07) is 63.9. The van der Waals surface area contributed by atoms with Gasteiger partial charge in [-0.1, -0.05) is 159 Å². The highest BCUT2D eigenvalue weighted by Gasteiger charge is 2.19. The van der Waals surface area contributed by atoms with Gasteiger partial charge in [-0.2, -0.15) is 0 Å². The second-order valence-corrected chi connectivity index (χ2v) is 13.9. The quantitative estimate of drug-likeness (QED) is 0.156. The Hall–Kier alpha value is -6.25. The van der Waals surface area contributed by atoms with Gasteiger partial charge >= 0.3 is 0 Å². The number of rotatable bonds is 7. The molecular weight excluding hydrogens is 617 g/mol. The second kappa shape index (κ2) is 12.9. The molecule has 0 aliphatic rings. The van der Waals surface area contributed by atoms with E-state index in [1.165, 1.54) is 66.1 Å². The number of aromatic nitrogens is 2. The molecule has 51 heavy (non-hydrogen) atoms. The molecule has 1 heterocycles. The van der Waals surface area contributed by atoms with Crippen LogP contribution in [0.15, 0.2) is 176 Å². The van der Waals surface area contributed by atoms with Crippen LogP contribution in [-0.4, -0.2) is 9.55 Å². The van der Waals surface area contributed by atoms with Crippen LogP contribution in [0.2, 0.25) is 0 Å². The van der Waals surface area contributed by atoms with Crippen LogP contribution < -0.4 is 0 Å². The van der Waals surface area contributed by atoms with Crippen LogP contribution >= 0.6 is 0 Å². The molecule has 1 aromatic heterocycles. The first-order chi connectivity index (χ1) is 25.1. The normalized spacial score (nSPS) is 11.6. The molecule has 0 amide bonds. The smallest absolute Gasteiger partial charge is 0.114 e. The van der Waals surface area contributed by atoms with Crippen molar-refractivity contribution in [2.45, 2.75) is 20.3 Å². The Morgan fingerprint density at radius 1 is 0.431 bits per heavy atom. The topological polar surface area (TPSA) is 17.8 Å². The predicted molar refractivity (Wildman–Crippen MR) is 216 cm³/mol. The van der Waals surface area contributed by atoms with E-state index in [9.17, 15) is 0 Å². The van der Waals surface area contributed by atoms with Gasteiger partial charge in [-0.15, -0.1) is 0 Å². The van der Waals surface area contributed by atoms with E-state index in [0.29, 0.717) is 5.92 Å². The molecule has 0 bridgehead atoms. The summed E-state index contributed by atoms with van der Waals surface area (Å²) in [7, 11) is 0. The molecule has 0 spiro atoms. The van der Waals surface area contributed by atoms with Gasteiger partial charge in [0, 0.05) is 12.1 Å². The number of hydrogen-bond acceptors (Lipinski definition) is 1. The first-order valence-electron chi connectivity index (χ1n) is 17.9. The van der Waals surface area contributed by atoms with E-state index >= 15 is 0 Å². The Bertz CT molecular complexity index is 2650. The summed E-state index contributed by atoms with van der Waals surface area (Å²) in [4.78, 5) is 5.05. The van der Waals surface area contributed by atoms with Gasteiger partial charge in [-0.25, -0.2) is 4.98 Å². The Morgan fingerprint density at radius 2 is 0.902 bits per heavy atom. The van der Waals surface area contributed by atoms with E-state index in [1.807, 2.05) is 0 Å². The molecule has 8 aromatic carbocycles. The van der Waals surface area contributed by atoms with E-state index in [-0.39, 0.29) is 0 Å². The zero-order valence-electron chi connectivity index (χ0n) is 28.9. The van der Waals surface area contributed by atoms with Crippen molar-refractivity contribution < 1.29 is 0 Å². The van der Waals surface area contributed by atoms with Gasteiger partial charge in [0.15, 0.2) is 0 Å². The fourth-order valence-corrected chi connectivity index (χ4v) is 7.71. The zero-order chi connectivity index (χ0) is 34.3. The highest BCUT2D eigenvalue weighted by molar-refractivity contribution is 6.22. The van der Waals surface area contributed by atoms with Gasteiger partial charge in [-0.3, -0.25) is 4.57 Å². The number of hydrogen-bond donors (Lipinski definition) is 0. The number of para-hydroxylation sites is 2. The Labute approximate surface area is 299 Å². The van der Waals surface area contributed by atoms with Gasteiger partial charge < -0.3 is 0 Å². The van der Waals surface area contributed by atoms with Crippen LogP contribution in [0.4, 0.5) is 0 Å². The van der Waals surface area contributed by atoms with E-state index in [1.54, 1.807) is 0 Å². The molecule has 0 aliphatic carbocycles. The molecule has 2 nitrogen and oxygen atoms in total. The lowest BCUT2D eigenvalue weighted by molar-refractivity contribution is 0.616. The monoisotopic (exact) mass is 654 g/mol. The molecule has 0 fully saturated rings. The fraction of sp³-hybridized carbons (Fsp3) is 0.0816. The van der Waals surface area contributed by atoms with E-state index in [2.05, 4.69) is 194 Å². The molecule has 0 saturated heterocycles. The highest BCUT2D eigenvalue weighted by atomic mass is 15.1. The third-order valence-electron chi connectivity index (χ3n) is 10.0. The molecule has 2 heteroatoms. The molecule has 0 atom stereocenters. The molecular formula is C49H38N2. The number of nitrogens with zero attached hydrogens (tertiary/aromatic N) is 2. The second-order valence-electron chi connectivity index (χ2n) is 13.9. The fourth-order valence-electron chi connectivity index (χ4n) is 7.71. The molecule has 244 valence electrons. The van der Waals surface area contributed by atoms with E-state index in [4.69, 9.17) is 4.98 Å². The van der Waals surface area contributed by atoms with Crippen LogP contribution in [0.1, 0.15) is 19.7 Å². The highest BCUT2D eigenvalue weighted by Crippen LogP contribution is 2.45. The average molecular weight is 655 g/mol. The maximum absolute atomic E-state index is 5.05. The van der Waals surface area contributed by atoms with E-state index < -0.39 is 0 Å².